The number of carbonyl (C=O) groups is 1. The molecule has 4 rings (SSSR count). The number of carbonyl (C=O) groups excluding carboxylic acids is 1. The first-order valence-electron chi connectivity index (χ1n) is 6.98. The van der Waals surface area contributed by atoms with Gasteiger partial charge in [-0.1, -0.05) is 30.3 Å². The molecule has 0 bridgehead atoms. The predicted molar refractivity (Wildman–Crippen MR) is 91.2 cm³/mol. The number of thiophene rings is 1. The molecule has 0 saturated carbocycles. The Labute approximate surface area is 131 Å². The monoisotopic (exact) mass is 305 g/mol. The lowest BCUT2D eigenvalue weighted by atomic mass is 10.1. The van der Waals surface area contributed by atoms with Crippen LogP contribution in [0.1, 0.15) is 10.4 Å². The van der Waals surface area contributed by atoms with E-state index in [1.165, 1.54) is 26.0 Å². The van der Waals surface area contributed by atoms with Crippen LogP contribution < -0.4 is 5.73 Å². The minimum atomic E-state index is -0.645. The van der Waals surface area contributed by atoms with Crippen molar-refractivity contribution in [3.8, 4) is 10.4 Å². The quantitative estimate of drug-likeness (QED) is 0.538. The molecule has 2 aromatic carbocycles. The molecule has 2 aromatic heterocycles. The number of nitrogens with zero attached hydrogens (tertiary/aromatic N) is 1. The Balaban J connectivity index is 1.89. The standard InChI is InChI=1S/C18H13N2OS/c1-20-15-5-3-2-4-13(15)14-10-16(22-18(14)20)11-6-8-12(9-7-11)17(19)21/h2-10,19H,1H3. The summed E-state index contributed by atoms with van der Waals surface area (Å²) < 4.78 is 2.22. The number of aryl methyl sites for hydroxylation is 1. The van der Waals surface area contributed by atoms with Crippen LogP contribution >= 0.6 is 11.3 Å². The van der Waals surface area contributed by atoms with Gasteiger partial charge in [-0.15, -0.1) is 11.3 Å². The summed E-state index contributed by atoms with van der Waals surface area (Å²) in [6.07, 6.45) is 0. The number of para-hydroxylation sites is 1. The maximum Gasteiger partial charge on any atom is 0.269 e. The lowest BCUT2D eigenvalue weighted by molar-refractivity contribution is 0.0992. The van der Waals surface area contributed by atoms with Gasteiger partial charge in [0, 0.05) is 33.8 Å². The summed E-state index contributed by atoms with van der Waals surface area (Å²) in [5.41, 5.74) is 9.88. The Hall–Kier alpha value is -2.59. The van der Waals surface area contributed by atoms with Crippen molar-refractivity contribution in [1.82, 2.24) is 10.3 Å². The minimum absolute atomic E-state index is 0.426. The molecule has 0 unspecified atom stereocenters. The number of hydrogen-bond acceptors (Lipinski definition) is 2. The molecule has 0 atom stereocenters. The molecule has 2 heterocycles. The lowest BCUT2D eigenvalue weighted by Gasteiger charge is -2.00. The van der Waals surface area contributed by atoms with Crippen LogP contribution in [0.25, 0.3) is 31.6 Å². The van der Waals surface area contributed by atoms with Crippen LogP contribution in [-0.4, -0.2) is 10.5 Å². The van der Waals surface area contributed by atoms with E-state index in [1.807, 2.05) is 12.1 Å². The van der Waals surface area contributed by atoms with E-state index >= 15 is 0 Å². The zero-order chi connectivity index (χ0) is 15.3. The first kappa shape index (κ1) is 13.1. The van der Waals surface area contributed by atoms with Crippen LogP contribution in [0.4, 0.5) is 0 Å². The van der Waals surface area contributed by atoms with Gasteiger partial charge in [0.1, 0.15) is 4.83 Å². The average Bonchev–Trinajstić information content (AvgIpc) is 3.08. The van der Waals surface area contributed by atoms with Gasteiger partial charge in [0.2, 0.25) is 0 Å². The third kappa shape index (κ3) is 1.84. The van der Waals surface area contributed by atoms with Gasteiger partial charge in [-0.2, -0.15) is 0 Å². The second-order valence-electron chi connectivity index (χ2n) is 5.31. The van der Waals surface area contributed by atoms with Crippen LogP contribution in [-0.2, 0) is 7.05 Å². The van der Waals surface area contributed by atoms with E-state index in [1.54, 1.807) is 23.5 Å². The summed E-state index contributed by atoms with van der Waals surface area (Å²) in [5, 5.41) is 2.53. The molecule has 0 fully saturated rings. The highest BCUT2D eigenvalue weighted by atomic mass is 32.1. The van der Waals surface area contributed by atoms with Crippen LogP contribution in [0.15, 0.2) is 54.6 Å². The highest BCUT2D eigenvalue weighted by Gasteiger charge is 2.13. The Morgan fingerprint density at radius 2 is 1.77 bits per heavy atom. The molecular weight excluding hydrogens is 292 g/mol. The molecule has 0 saturated heterocycles. The average molecular weight is 305 g/mol. The van der Waals surface area contributed by atoms with Crippen molar-refractivity contribution >= 4 is 38.4 Å². The number of nitrogens with one attached hydrogen (secondary N) is 1. The number of amides is 1. The molecule has 1 radical (unpaired) electrons. The SMILES string of the molecule is Cn1c2ccccc2c2cc(-c3ccc(C([NH])=O)cc3)sc21. The van der Waals surface area contributed by atoms with Crippen molar-refractivity contribution in [2.45, 2.75) is 0 Å². The molecule has 4 heteroatoms. The summed E-state index contributed by atoms with van der Waals surface area (Å²) in [7, 11) is 2.09. The minimum Gasteiger partial charge on any atom is -0.335 e. The van der Waals surface area contributed by atoms with Crippen molar-refractivity contribution in [2.75, 3.05) is 0 Å². The molecule has 3 nitrogen and oxygen atoms in total. The summed E-state index contributed by atoms with van der Waals surface area (Å²) in [6.45, 7) is 0. The van der Waals surface area contributed by atoms with E-state index < -0.39 is 5.91 Å². The van der Waals surface area contributed by atoms with E-state index in [2.05, 4.69) is 41.9 Å². The number of rotatable bonds is 2. The Kier molecular flexibility index (Phi) is 2.81. The van der Waals surface area contributed by atoms with Gasteiger partial charge in [0.15, 0.2) is 0 Å². The fourth-order valence-corrected chi connectivity index (χ4v) is 4.01. The van der Waals surface area contributed by atoms with Gasteiger partial charge in [-0.05, 0) is 29.8 Å². The molecular formula is C18H13N2OS. The van der Waals surface area contributed by atoms with E-state index in [-0.39, 0.29) is 0 Å². The van der Waals surface area contributed by atoms with Gasteiger partial charge in [0.25, 0.3) is 5.91 Å². The van der Waals surface area contributed by atoms with Crippen molar-refractivity contribution in [1.29, 1.82) is 0 Å². The fraction of sp³-hybridized carbons (Fsp3) is 0.0556. The maximum absolute atomic E-state index is 11.0. The van der Waals surface area contributed by atoms with Crippen LogP contribution in [0.2, 0.25) is 0 Å². The zero-order valence-electron chi connectivity index (χ0n) is 12.0. The normalized spacial score (nSPS) is 11.3. The van der Waals surface area contributed by atoms with Gasteiger partial charge >= 0.3 is 0 Å². The van der Waals surface area contributed by atoms with Gasteiger partial charge in [-0.3, -0.25) is 10.5 Å². The second kappa shape index (κ2) is 4.71. The third-order valence-corrected chi connectivity index (χ3v) is 5.26. The number of hydrogen-bond donors (Lipinski definition) is 0. The molecule has 4 aromatic rings. The smallest absolute Gasteiger partial charge is 0.269 e. The van der Waals surface area contributed by atoms with Gasteiger partial charge in [0.05, 0.1) is 0 Å². The molecule has 1 amide bonds. The van der Waals surface area contributed by atoms with Crippen molar-refractivity contribution in [3.05, 3.63) is 60.2 Å². The topological polar surface area (TPSA) is 45.8 Å². The maximum atomic E-state index is 11.0. The molecule has 22 heavy (non-hydrogen) atoms. The highest BCUT2D eigenvalue weighted by Crippen LogP contribution is 2.38. The van der Waals surface area contributed by atoms with Crippen LogP contribution in [0, 0.1) is 0 Å². The first-order valence-corrected chi connectivity index (χ1v) is 7.80. The van der Waals surface area contributed by atoms with Crippen LogP contribution in [0.3, 0.4) is 0 Å². The third-order valence-electron chi connectivity index (χ3n) is 4.00. The van der Waals surface area contributed by atoms with Gasteiger partial charge in [-0.25, -0.2) is 0 Å². The van der Waals surface area contributed by atoms with Crippen molar-refractivity contribution in [3.63, 3.8) is 0 Å². The van der Waals surface area contributed by atoms with E-state index in [4.69, 9.17) is 5.73 Å². The summed E-state index contributed by atoms with van der Waals surface area (Å²) in [4.78, 5) is 13.5. The van der Waals surface area contributed by atoms with Crippen molar-refractivity contribution < 1.29 is 4.79 Å². The summed E-state index contributed by atoms with van der Waals surface area (Å²) in [6, 6.07) is 17.9. The molecule has 0 spiro atoms. The first-order chi connectivity index (χ1) is 10.6. The lowest BCUT2D eigenvalue weighted by Crippen LogP contribution is -1.97. The fourth-order valence-electron chi connectivity index (χ4n) is 2.85. The predicted octanol–water partition coefficient (Wildman–Crippen LogP) is 4.48. The molecule has 107 valence electrons. The zero-order valence-corrected chi connectivity index (χ0v) is 12.8. The van der Waals surface area contributed by atoms with Gasteiger partial charge < -0.3 is 4.57 Å². The Morgan fingerprint density at radius 3 is 2.50 bits per heavy atom. The van der Waals surface area contributed by atoms with Crippen LogP contribution in [0.5, 0.6) is 0 Å². The van der Waals surface area contributed by atoms with E-state index in [0.717, 1.165) is 5.56 Å². The van der Waals surface area contributed by atoms with E-state index in [9.17, 15) is 4.79 Å². The molecule has 0 aliphatic rings. The Bertz CT molecular complexity index is 1010. The summed E-state index contributed by atoms with van der Waals surface area (Å²) >= 11 is 1.75. The second-order valence-corrected chi connectivity index (χ2v) is 6.34. The number of fused-ring (bicyclic) bond motifs is 3. The largest absolute Gasteiger partial charge is 0.335 e. The molecule has 0 aliphatic carbocycles. The van der Waals surface area contributed by atoms with E-state index in [0.29, 0.717) is 5.56 Å². The summed E-state index contributed by atoms with van der Waals surface area (Å²) in [5.74, 6) is -0.645. The number of benzene rings is 2. The molecule has 0 aliphatic heterocycles. The Morgan fingerprint density at radius 1 is 1.05 bits per heavy atom. The highest BCUT2D eigenvalue weighted by molar-refractivity contribution is 7.22. The number of aromatic nitrogens is 1. The molecule has 1 N–H and O–H groups in total. The van der Waals surface area contributed by atoms with Crippen molar-refractivity contribution in [2.24, 2.45) is 7.05 Å².